The molecule has 0 fully saturated rings. The lowest BCUT2D eigenvalue weighted by Gasteiger charge is -2.16. The van der Waals surface area contributed by atoms with E-state index in [0.717, 1.165) is 5.56 Å². The van der Waals surface area contributed by atoms with Crippen molar-refractivity contribution in [1.82, 2.24) is 4.98 Å². The summed E-state index contributed by atoms with van der Waals surface area (Å²) in [5, 5.41) is 0. The van der Waals surface area contributed by atoms with Crippen LogP contribution >= 0.6 is 0 Å². The normalized spacial score (nSPS) is 18.7. The van der Waals surface area contributed by atoms with Crippen molar-refractivity contribution < 1.29 is 9.53 Å². The van der Waals surface area contributed by atoms with Gasteiger partial charge >= 0.3 is 5.97 Å². The van der Waals surface area contributed by atoms with E-state index in [1.165, 1.54) is 0 Å². The lowest BCUT2D eigenvalue weighted by molar-refractivity contribution is 0.00954. The fraction of sp³-hybridized carbons (Fsp3) is 0.333. The van der Waals surface area contributed by atoms with Crippen molar-refractivity contribution in [2.45, 2.75) is 19.4 Å². The number of hydrogen-bond donors (Lipinski definition) is 0. The van der Waals surface area contributed by atoms with Gasteiger partial charge in [0.15, 0.2) is 0 Å². The molecule has 0 spiro atoms. The lowest BCUT2D eigenvalue weighted by Crippen LogP contribution is -2.15. The third-order valence-corrected chi connectivity index (χ3v) is 2.04. The van der Waals surface area contributed by atoms with Crippen molar-refractivity contribution in [2.75, 3.05) is 0 Å². The number of ether oxygens (including phenoxy) is 1. The summed E-state index contributed by atoms with van der Waals surface area (Å²) < 4.78 is 5.14. The van der Waals surface area contributed by atoms with Crippen LogP contribution in [0.25, 0.3) is 0 Å². The third kappa shape index (κ3) is 0.826. The molecular formula is C9H9NO2. The molecule has 0 bridgehead atoms. The predicted molar refractivity (Wildman–Crippen MR) is 42.7 cm³/mol. The van der Waals surface area contributed by atoms with Crippen molar-refractivity contribution in [3.05, 3.63) is 29.6 Å². The topological polar surface area (TPSA) is 39.2 Å². The Morgan fingerprint density at radius 3 is 2.92 bits per heavy atom. The average Bonchev–Trinajstić information content (AvgIpc) is 2.25. The number of carbonyl (C=O) groups excluding carboxylic acids is 1. The molecule has 1 aromatic rings. The van der Waals surface area contributed by atoms with Gasteiger partial charge in [0.2, 0.25) is 0 Å². The van der Waals surface area contributed by atoms with Gasteiger partial charge < -0.3 is 4.74 Å². The van der Waals surface area contributed by atoms with Gasteiger partial charge in [0, 0.05) is 18.0 Å². The Balaban J connectivity index is 2.66. The molecule has 2 heterocycles. The molecule has 12 heavy (non-hydrogen) atoms. The van der Waals surface area contributed by atoms with Gasteiger partial charge in [0.05, 0.1) is 5.56 Å². The molecular weight excluding hydrogens is 154 g/mol. The molecule has 0 unspecified atom stereocenters. The highest BCUT2D eigenvalue weighted by atomic mass is 16.6. The van der Waals surface area contributed by atoms with E-state index in [9.17, 15) is 4.79 Å². The zero-order valence-corrected chi connectivity index (χ0v) is 7.00. The van der Waals surface area contributed by atoms with Crippen LogP contribution in [0.3, 0.4) is 0 Å². The number of esters is 1. The largest absolute Gasteiger partial charge is 0.451 e. The van der Waals surface area contributed by atoms with Gasteiger partial charge in [-0.05, 0) is 19.9 Å². The highest BCUT2D eigenvalue weighted by Crippen LogP contribution is 2.34. The minimum Gasteiger partial charge on any atom is -0.451 e. The van der Waals surface area contributed by atoms with E-state index in [2.05, 4.69) is 4.98 Å². The second-order valence-electron chi connectivity index (χ2n) is 3.32. The van der Waals surface area contributed by atoms with Crippen LogP contribution in [0.2, 0.25) is 0 Å². The molecule has 0 aliphatic carbocycles. The van der Waals surface area contributed by atoms with Gasteiger partial charge in [-0.25, -0.2) is 4.79 Å². The molecule has 0 atom stereocenters. The maximum atomic E-state index is 11.2. The molecule has 1 aliphatic rings. The minimum atomic E-state index is -0.491. The number of nitrogens with zero attached hydrogens (tertiary/aromatic N) is 1. The van der Waals surface area contributed by atoms with E-state index in [1.54, 1.807) is 12.4 Å². The fourth-order valence-corrected chi connectivity index (χ4v) is 1.42. The summed E-state index contributed by atoms with van der Waals surface area (Å²) in [5.74, 6) is -0.275. The van der Waals surface area contributed by atoms with E-state index < -0.39 is 5.60 Å². The first-order valence-electron chi connectivity index (χ1n) is 3.79. The summed E-state index contributed by atoms with van der Waals surface area (Å²) in [5.41, 5.74) is 1.01. The monoisotopic (exact) mass is 163 g/mol. The zero-order chi connectivity index (χ0) is 8.77. The first kappa shape index (κ1) is 7.28. The molecule has 0 radical (unpaired) electrons. The number of aromatic nitrogens is 1. The van der Waals surface area contributed by atoms with Crippen molar-refractivity contribution in [2.24, 2.45) is 0 Å². The highest BCUT2D eigenvalue weighted by Gasteiger charge is 2.37. The van der Waals surface area contributed by atoms with Crippen LogP contribution < -0.4 is 0 Å². The molecule has 0 saturated heterocycles. The maximum absolute atomic E-state index is 11.2. The summed E-state index contributed by atoms with van der Waals surface area (Å²) >= 11 is 0. The van der Waals surface area contributed by atoms with Crippen molar-refractivity contribution in [3.8, 4) is 0 Å². The van der Waals surface area contributed by atoms with Gasteiger partial charge in [0.25, 0.3) is 0 Å². The SMILES string of the molecule is CC1(C)OC(=O)c2cnccc21. The number of carbonyl (C=O) groups is 1. The van der Waals surface area contributed by atoms with Crippen LogP contribution in [-0.2, 0) is 10.3 Å². The first-order chi connectivity index (χ1) is 5.61. The molecule has 0 amide bonds. The van der Waals surface area contributed by atoms with E-state index in [1.807, 2.05) is 19.9 Å². The molecule has 0 N–H and O–H groups in total. The lowest BCUT2D eigenvalue weighted by atomic mass is 9.98. The van der Waals surface area contributed by atoms with E-state index in [-0.39, 0.29) is 5.97 Å². The Morgan fingerprint density at radius 2 is 2.25 bits per heavy atom. The zero-order valence-electron chi connectivity index (χ0n) is 7.00. The number of hydrogen-bond acceptors (Lipinski definition) is 3. The Labute approximate surface area is 70.4 Å². The molecule has 0 saturated carbocycles. The molecule has 3 heteroatoms. The molecule has 1 aliphatic heterocycles. The van der Waals surface area contributed by atoms with Crippen LogP contribution in [0, 0.1) is 0 Å². The van der Waals surface area contributed by atoms with Gasteiger partial charge in [-0.3, -0.25) is 4.98 Å². The number of rotatable bonds is 0. The van der Waals surface area contributed by atoms with Gasteiger partial charge in [0.1, 0.15) is 5.60 Å². The standard InChI is InChI=1S/C9H9NO2/c1-9(2)7-3-4-10-5-6(7)8(11)12-9/h3-5H,1-2H3. The molecule has 0 aromatic carbocycles. The van der Waals surface area contributed by atoms with Crippen LogP contribution in [-0.4, -0.2) is 11.0 Å². The van der Waals surface area contributed by atoms with Gasteiger partial charge in [-0.2, -0.15) is 0 Å². The van der Waals surface area contributed by atoms with Crippen LogP contribution in [0.1, 0.15) is 29.8 Å². The average molecular weight is 163 g/mol. The Kier molecular flexibility index (Phi) is 1.25. The van der Waals surface area contributed by atoms with E-state index >= 15 is 0 Å². The number of pyridine rings is 1. The summed E-state index contributed by atoms with van der Waals surface area (Å²) in [6.07, 6.45) is 3.22. The second-order valence-corrected chi connectivity index (χ2v) is 3.32. The predicted octanol–water partition coefficient (Wildman–Crippen LogP) is 1.49. The summed E-state index contributed by atoms with van der Waals surface area (Å²) in [4.78, 5) is 15.1. The Bertz CT molecular complexity index is 344. The Hall–Kier alpha value is -1.38. The summed E-state index contributed by atoms with van der Waals surface area (Å²) in [6, 6.07) is 1.82. The number of fused-ring (bicyclic) bond motifs is 1. The quantitative estimate of drug-likeness (QED) is 0.544. The van der Waals surface area contributed by atoms with Crippen LogP contribution in [0.4, 0.5) is 0 Å². The highest BCUT2D eigenvalue weighted by molar-refractivity contribution is 5.94. The third-order valence-electron chi connectivity index (χ3n) is 2.04. The molecule has 62 valence electrons. The molecule has 1 aromatic heterocycles. The number of cyclic esters (lactones) is 1. The van der Waals surface area contributed by atoms with E-state index in [4.69, 9.17) is 4.74 Å². The van der Waals surface area contributed by atoms with Crippen molar-refractivity contribution in [1.29, 1.82) is 0 Å². The van der Waals surface area contributed by atoms with E-state index in [0.29, 0.717) is 5.56 Å². The maximum Gasteiger partial charge on any atom is 0.341 e. The Morgan fingerprint density at radius 1 is 1.50 bits per heavy atom. The summed E-state index contributed by atoms with van der Waals surface area (Å²) in [6.45, 7) is 3.74. The molecule has 2 rings (SSSR count). The first-order valence-corrected chi connectivity index (χ1v) is 3.79. The van der Waals surface area contributed by atoms with Gasteiger partial charge in [-0.1, -0.05) is 0 Å². The summed E-state index contributed by atoms with van der Waals surface area (Å²) in [7, 11) is 0. The van der Waals surface area contributed by atoms with Crippen LogP contribution in [0.15, 0.2) is 18.5 Å². The van der Waals surface area contributed by atoms with Crippen molar-refractivity contribution >= 4 is 5.97 Å². The van der Waals surface area contributed by atoms with Gasteiger partial charge in [-0.15, -0.1) is 0 Å². The fourth-order valence-electron chi connectivity index (χ4n) is 1.42. The molecule has 3 nitrogen and oxygen atoms in total. The minimum absolute atomic E-state index is 0.275. The second kappa shape index (κ2) is 2.06. The smallest absolute Gasteiger partial charge is 0.341 e. The van der Waals surface area contributed by atoms with Crippen LogP contribution in [0.5, 0.6) is 0 Å². The van der Waals surface area contributed by atoms with Crippen molar-refractivity contribution in [3.63, 3.8) is 0 Å².